The van der Waals surface area contributed by atoms with Crippen molar-refractivity contribution in [3.05, 3.63) is 24.3 Å². The van der Waals surface area contributed by atoms with Crippen LogP contribution < -0.4 is 10.1 Å². The zero-order valence-electron chi connectivity index (χ0n) is 15.2. The molecule has 1 N–H and O–H groups in total. The number of nitrogens with zero attached hydrogens (tertiary/aromatic N) is 1. The van der Waals surface area contributed by atoms with Gasteiger partial charge in [0.1, 0.15) is 5.75 Å². The van der Waals surface area contributed by atoms with Crippen LogP contribution in [-0.2, 0) is 14.8 Å². The highest BCUT2D eigenvalue weighted by Crippen LogP contribution is 2.25. The Balaban J connectivity index is 1.88. The van der Waals surface area contributed by atoms with E-state index in [0.717, 1.165) is 31.4 Å². The maximum atomic E-state index is 12.2. The van der Waals surface area contributed by atoms with Gasteiger partial charge >= 0.3 is 0 Å². The topological polar surface area (TPSA) is 75.7 Å². The third-order valence-corrected chi connectivity index (χ3v) is 5.56. The highest BCUT2D eigenvalue weighted by atomic mass is 32.2. The lowest BCUT2D eigenvalue weighted by molar-refractivity contribution is -0.116. The molecule has 1 aromatic carbocycles. The predicted molar refractivity (Wildman–Crippen MR) is 99.3 cm³/mol. The fourth-order valence-corrected chi connectivity index (χ4v) is 4.31. The number of ether oxygens (including phenoxy) is 1. The molecule has 0 atom stereocenters. The predicted octanol–water partition coefficient (Wildman–Crippen LogP) is 3.01. The van der Waals surface area contributed by atoms with Crippen LogP contribution >= 0.6 is 0 Å². The fourth-order valence-electron chi connectivity index (χ4n) is 3.14. The van der Waals surface area contributed by atoms with E-state index < -0.39 is 10.0 Å². The molecule has 1 fully saturated rings. The molecule has 0 heterocycles. The van der Waals surface area contributed by atoms with E-state index in [9.17, 15) is 13.2 Å². The van der Waals surface area contributed by atoms with Crippen molar-refractivity contribution in [3.63, 3.8) is 0 Å². The first kappa shape index (κ1) is 19.7. The van der Waals surface area contributed by atoms with E-state index in [4.69, 9.17) is 4.74 Å². The minimum Gasteiger partial charge on any atom is -0.491 e. The molecular formula is C18H28N2O4S. The molecule has 2 rings (SSSR count). The van der Waals surface area contributed by atoms with Gasteiger partial charge in [-0.2, -0.15) is 4.31 Å². The van der Waals surface area contributed by atoms with E-state index >= 15 is 0 Å². The van der Waals surface area contributed by atoms with Gasteiger partial charge in [-0.15, -0.1) is 0 Å². The highest BCUT2D eigenvalue weighted by Gasteiger charge is 2.29. The minimum absolute atomic E-state index is 0.0373. The molecule has 25 heavy (non-hydrogen) atoms. The third-order valence-electron chi connectivity index (χ3n) is 4.23. The van der Waals surface area contributed by atoms with Gasteiger partial charge in [0.25, 0.3) is 0 Å². The normalized spacial score (nSPS) is 15.7. The highest BCUT2D eigenvalue weighted by molar-refractivity contribution is 7.88. The van der Waals surface area contributed by atoms with Gasteiger partial charge in [0.05, 0.1) is 12.4 Å². The number of nitrogens with one attached hydrogen (secondary N) is 1. The molecule has 1 saturated carbocycles. The van der Waals surface area contributed by atoms with E-state index in [-0.39, 0.29) is 31.0 Å². The van der Waals surface area contributed by atoms with Crippen molar-refractivity contribution in [2.45, 2.75) is 58.1 Å². The van der Waals surface area contributed by atoms with Crippen molar-refractivity contribution in [2.75, 3.05) is 18.1 Å². The molecule has 1 aliphatic rings. The number of rotatable bonds is 8. The van der Waals surface area contributed by atoms with Gasteiger partial charge in [-0.1, -0.05) is 12.8 Å². The maximum absolute atomic E-state index is 12.2. The second-order valence-corrected chi connectivity index (χ2v) is 8.74. The first-order valence-corrected chi connectivity index (χ1v) is 10.6. The van der Waals surface area contributed by atoms with Crippen molar-refractivity contribution < 1.29 is 17.9 Å². The molecule has 0 unspecified atom stereocenters. The number of hydrogen-bond acceptors (Lipinski definition) is 4. The molecule has 0 radical (unpaired) electrons. The van der Waals surface area contributed by atoms with E-state index in [1.807, 2.05) is 13.8 Å². The van der Waals surface area contributed by atoms with Crippen LogP contribution in [0.15, 0.2) is 24.3 Å². The molecule has 7 heteroatoms. The average Bonchev–Trinajstić information content (AvgIpc) is 3.01. The average molecular weight is 368 g/mol. The minimum atomic E-state index is -3.30. The molecule has 0 aliphatic heterocycles. The van der Waals surface area contributed by atoms with Crippen LogP contribution in [-0.4, -0.2) is 43.6 Å². The number of amides is 1. The molecule has 0 aromatic heterocycles. The summed E-state index contributed by atoms with van der Waals surface area (Å²) < 4.78 is 31.0. The molecule has 1 amide bonds. The number of benzene rings is 1. The molecule has 0 bridgehead atoms. The van der Waals surface area contributed by atoms with Crippen LogP contribution in [0.4, 0.5) is 5.69 Å². The van der Waals surface area contributed by atoms with E-state index in [1.165, 1.54) is 10.6 Å². The lowest BCUT2D eigenvalue weighted by atomic mass is 10.2. The molecule has 0 saturated heterocycles. The summed E-state index contributed by atoms with van der Waals surface area (Å²) in [6.07, 6.45) is 5.32. The summed E-state index contributed by atoms with van der Waals surface area (Å²) in [6.45, 7) is 4.13. The Labute approximate surface area is 150 Å². The first-order chi connectivity index (χ1) is 11.8. The first-order valence-electron chi connectivity index (χ1n) is 8.79. The van der Waals surface area contributed by atoms with Gasteiger partial charge in [-0.05, 0) is 51.0 Å². The van der Waals surface area contributed by atoms with Crippen molar-refractivity contribution in [1.29, 1.82) is 0 Å². The lowest BCUT2D eigenvalue weighted by Gasteiger charge is -2.26. The van der Waals surface area contributed by atoms with Crippen LogP contribution in [0.2, 0.25) is 0 Å². The maximum Gasteiger partial charge on any atom is 0.225 e. The summed E-state index contributed by atoms with van der Waals surface area (Å²) in [5.41, 5.74) is 0.674. The van der Waals surface area contributed by atoms with Gasteiger partial charge in [0.15, 0.2) is 0 Å². The smallest absolute Gasteiger partial charge is 0.225 e. The van der Waals surface area contributed by atoms with E-state index in [2.05, 4.69) is 5.32 Å². The Morgan fingerprint density at radius 2 is 1.84 bits per heavy atom. The van der Waals surface area contributed by atoms with Gasteiger partial charge in [-0.3, -0.25) is 4.79 Å². The van der Waals surface area contributed by atoms with Gasteiger partial charge in [-0.25, -0.2) is 8.42 Å². The Hall–Kier alpha value is -1.60. The molecular weight excluding hydrogens is 340 g/mol. The van der Waals surface area contributed by atoms with Crippen LogP contribution in [0.1, 0.15) is 46.0 Å². The Morgan fingerprint density at radius 1 is 1.24 bits per heavy atom. The van der Waals surface area contributed by atoms with Crippen LogP contribution in [0.25, 0.3) is 0 Å². The fraction of sp³-hybridized carbons (Fsp3) is 0.611. The lowest BCUT2D eigenvalue weighted by Crippen LogP contribution is -2.39. The van der Waals surface area contributed by atoms with Crippen LogP contribution in [0, 0.1) is 0 Å². The molecule has 0 spiro atoms. The summed E-state index contributed by atoms with van der Waals surface area (Å²) in [4.78, 5) is 12.2. The standard InChI is InChI=1S/C18H28N2O4S/c1-14(2)24-17-10-8-15(9-11-17)19-18(21)12-13-20(25(3,22)23)16-6-4-5-7-16/h8-11,14,16H,4-7,12-13H2,1-3H3,(H,19,21). The summed E-state index contributed by atoms with van der Waals surface area (Å²) in [5.74, 6) is 0.557. The zero-order chi connectivity index (χ0) is 18.4. The van der Waals surface area contributed by atoms with Gasteiger partial charge in [0, 0.05) is 24.7 Å². The molecule has 1 aromatic rings. The van der Waals surface area contributed by atoms with Gasteiger partial charge in [0.2, 0.25) is 15.9 Å². The van der Waals surface area contributed by atoms with Crippen molar-refractivity contribution in [2.24, 2.45) is 0 Å². The van der Waals surface area contributed by atoms with E-state index in [0.29, 0.717) is 5.69 Å². The molecule has 1 aliphatic carbocycles. The summed E-state index contributed by atoms with van der Waals surface area (Å²) in [6, 6.07) is 7.20. The zero-order valence-corrected chi connectivity index (χ0v) is 16.0. The number of hydrogen-bond donors (Lipinski definition) is 1. The number of carbonyl (C=O) groups excluding carboxylic acids is 1. The Kier molecular flexibility index (Phi) is 6.84. The summed E-state index contributed by atoms with van der Waals surface area (Å²) in [7, 11) is -3.30. The van der Waals surface area contributed by atoms with E-state index in [1.54, 1.807) is 24.3 Å². The van der Waals surface area contributed by atoms with Crippen LogP contribution in [0.5, 0.6) is 5.75 Å². The summed E-state index contributed by atoms with van der Waals surface area (Å²) in [5, 5.41) is 2.80. The largest absolute Gasteiger partial charge is 0.491 e. The third kappa shape index (κ3) is 6.32. The second kappa shape index (κ2) is 8.67. The second-order valence-electron chi connectivity index (χ2n) is 6.80. The van der Waals surface area contributed by atoms with Crippen LogP contribution in [0.3, 0.4) is 0 Å². The number of anilines is 1. The monoisotopic (exact) mass is 368 g/mol. The van der Waals surface area contributed by atoms with Gasteiger partial charge < -0.3 is 10.1 Å². The Morgan fingerprint density at radius 3 is 2.36 bits per heavy atom. The number of sulfonamides is 1. The molecule has 140 valence electrons. The van der Waals surface area contributed by atoms with Crippen molar-refractivity contribution in [3.8, 4) is 5.75 Å². The molecule has 6 nitrogen and oxygen atoms in total. The van der Waals surface area contributed by atoms with Crippen molar-refractivity contribution >= 4 is 21.6 Å². The SMILES string of the molecule is CC(C)Oc1ccc(NC(=O)CCN(C2CCCC2)S(C)(=O)=O)cc1. The summed E-state index contributed by atoms with van der Waals surface area (Å²) >= 11 is 0. The quantitative estimate of drug-likeness (QED) is 0.765. The number of carbonyl (C=O) groups is 1. The van der Waals surface area contributed by atoms with Crippen molar-refractivity contribution in [1.82, 2.24) is 4.31 Å². The Bertz CT molecular complexity index is 665.